The number of aromatic nitrogens is 2. The van der Waals surface area contributed by atoms with E-state index in [1.165, 1.54) is 17.7 Å². The summed E-state index contributed by atoms with van der Waals surface area (Å²) in [7, 11) is 4.73. The van der Waals surface area contributed by atoms with Crippen molar-refractivity contribution < 1.29 is 14.4 Å². The zero-order valence-electron chi connectivity index (χ0n) is 13.6. The third kappa shape index (κ3) is 3.28. The van der Waals surface area contributed by atoms with Gasteiger partial charge in [0.25, 0.3) is 5.91 Å². The molecule has 0 saturated heterocycles. The maximum absolute atomic E-state index is 12.2. The molecular formula is C16H23N3O3. The predicted molar refractivity (Wildman–Crippen MR) is 84.7 cm³/mol. The maximum Gasteiger partial charge on any atom is 0.295 e. The van der Waals surface area contributed by atoms with Gasteiger partial charge in [0.1, 0.15) is 5.69 Å². The summed E-state index contributed by atoms with van der Waals surface area (Å²) in [6.07, 6.45) is 5.77. The van der Waals surface area contributed by atoms with Crippen LogP contribution in [0.3, 0.4) is 0 Å². The molecule has 2 aromatic rings. The Bertz CT molecular complexity index is 651. The molecule has 120 valence electrons. The summed E-state index contributed by atoms with van der Waals surface area (Å²) in [6.45, 7) is 3.68. The van der Waals surface area contributed by atoms with Crippen molar-refractivity contribution in [3.8, 4) is 0 Å². The predicted octanol–water partition coefficient (Wildman–Crippen LogP) is 2.27. The van der Waals surface area contributed by atoms with Gasteiger partial charge < -0.3 is 9.30 Å². The Morgan fingerprint density at radius 1 is 1.41 bits per heavy atom. The van der Waals surface area contributed by atoms with E-state index >= 15 is 0 Å². The fourth-order valence-corrected chi connectivity index (χ4v) is 2.46. The van der Waals surface area contributed by atoms with Crippen molar-refractivity contribution in [1.82, 2.24) is 14.6 Å². The van der Waals surface area contributed by atoms with E-state index in [0.29, 0.717) is 12.3 Å². The minimum absolute atomic E-state index is 0.257. The van der Waals surface area contributed by atoms with Crippen LogP contribution in [0.1, 0.15) is 29.4 Å². The zero-order chi connectivity index (χ0) is 16.1. The lowest BCUT2D eigenvalue weighted by atomic mass is 10.1. The lowest BCUT2D eigenvalue weighted by molar-refractivity contribution is -0.0760. The van der Waals surface area contributed by atoms with Crippen LogP contribution in [0, 0.1) is 0 Å². The number of hydrogen-bond acceptors (Lipinski definition) is 4. The fraction of sp³-hybridized carbons (Fsp3) is 0.500. The van der Waals surface area contributed by atoms with E-state index in [9.17, 15) is 4.79 Å². The summed E-state index contributed by atoms with van der Waals surface area (Å²) in [5, 5.41) is 2.27. The number of fused-ring (bicyclic) bond motifs is 1. The van der Waals surface area contributed by atoms with Crippen LogP contribution >= 0.6 is 0 Å². The highest BCUT2D eigenvalue weighted by Crippen LogP contribution is 2.23. The third-order valence-corrected chi connectivity index (χ3v) is 3.76. The first-order valence-electron chi connectivity index (χ1n) is 7.41. The molecule has 22 heavy (non-hydrogen) atoms. The third-order valence-electron chi connectivity index (χ3n) is 3.76. The van der Waals surface area contributed by atoms with Crippen molar-refractivity contribution in [3.63, 3.8) is 0 Å². The van der Waals surface area contributed by atoms with E-state index in [-0.39, 0.29) is 5.91 Å². The molecule has 0 aliphatic heterocycles. The summed E-state index contributed by atoms with van der Waals surface area (Å²) < 4.78 is 7.28. The number of hydrogen-bond donors (Lipinski definition) is 0. The van der Waals surface area contributed by atoms with Crippen molar-refractivity contribution in [1.29, 1.82) is 0 Å². The molecule has 2 rings (SSSR count). The number of ether oxygens (including phenoxy) is 1. The largest absolute Gasteiger partial charge is 0.385 e. The standard InChI is InChI=1S/C16H23N3O3/c1-5-12-11-19(7-6-8-21-3)15-9-14(17-10-13(12)15)16(20)18(2)22-4/h9-11H,5-8H2,1-4H3. The van der Waals surface area contributed by atoms with Gasteiger partial charge in [-0.3, -0.25) is 14.6 Å². The molecule has 2 heterocycles. The molecule has 1 amide bonds. The highest BCUT2D eigenvalue weighted by molar-refractivity contribution is 5.95. The molecule has 6 nitrogen and oxygen atoms in total. The Morgan fingerprint density at radius 2 is 2.18 bits per heavy atom. The first-order chi connectivity index (χ1) is 10.6. The van der Waals surface area contributed by atoms with Crippen molar-refractivity contribution in [2.24, 2.45) is 0 Å². The van der Waals surface area contributed by atoms with Gasteiger partial charge in [-0.1, -0.05) is 6.92 Å². The second-order valence-corrected chi connectivity index (χ2v) is 5.12. The highest BCUT2D eigenvalue weighted by atomic mass is 16.7. The van der Waals surface area contributed by atoms with Crippen LogP contribution in [-0.4, -0.2) is 48.4 Å². The zero-order valence-corrected chi connectivity index (χ0v) is 13.6. The summed E-state index contributed by atoms with van der Waals surface area (Å²) in [4.78, 5) is 21.4. The van der Waals surface area contributed by atoms with Crippen molar-refractivity contribution in [3.05, 3.63) is 29.7 Å². The molecule has 0 aromatic carbocycles. The van der Waals surface area contributed by atoms with Gasteiger partial charge in [-0.25, -0.2) is 5.06 Å². The van der Waals surface area contributed by atoms with Crippen molar-refractivity contribution in [2.75, 3.05) is 27.9 Å². The smallest absolute Gasteiger partial charge is 0.295 e. The van der Waals surface area contributed by atoms with Crippen LogP contribution < -0.4 is 0 Å². The van der Waals surface area contributed by atoms with Crippen molar-refractivity contribution in [2.45, 2.75) is 26.3 Å². The van der Waals surface area contributed by atoms with Crippen LogP contribution in [0.2, 0.25) is 0 Å². The molecule has 0 spiro atoms. The summed E-state index contributed by atoms with van der Waals surface area (Å²) in [5.74, 6) is -0.257. The summed E-state index contributed by atoms with van der Waals surface area (Å²) in [6, 6.07) is 1.83. The van der Waals surface area contributed by atoms with Gasteiger partial charge in [-0.15, -0.1) is 0 Å². The number of pyridine rings is 1. The monoisotopic (exact) mass is 305 g/mol. The minimum atomic E-state index is -0.257. The average molecular weight is 305 g/mol. The number of carbonyl (C=O) groups excluding carboxylic acids is 1. The quantitative estimate of drug-likeness (QED) is 0.581. The van der Waals surface area contributed by atoms with Gasteiger partial charge in [0, 0.05) is 45.1 Å². The Balaban J connectivity index is 2.40. The Hall–Kier alpha value is -1.92. The Morgan fingerprint density at radius 3 is 2.82 bits per heavy atom. The molecule has 0 N–H and O–H groups in total. The number of amides is 1. The lowest BCUT2D eigenvalue weighted by Gasteiger charge is -2.13. The molecule has 0 radical (unpaired) electrons. The van der Waals surface area contributed by atoms with E-state index in [2.05, 4.69) is 22.7 Å². The van der Waals surface area contributed by atoms with Crippen LogP contribution in [0.25, 0.3) is 10.9 Å². The second kappa shape index (κ2) is 7.38. The normalized spacial score (nSPS) is 11.1. The fourth-order valence-electron chi connectivity index (χ4n) is 2.46. The Labute approximate surface area is 130 Å². The second-order valence-electron chi connectivity index (χ2n) is 5.12. The van der Waals surface area contributed by atoms with Crippen LogP contribution in [0.15, 0.2) is 18.5 Å². The molecule has 6 heteroatoms. The minimum Gasteiger partial charge on any atom is -0.385 e. The van der Waals surface area contributed by atoms with E-state index in [1.807, 2.05) is 6.07 Å². The molecule has 0 saturated carbocycles. The first kappa shape index (κ1) is 16.5. The molecule has 0 aliphatic rings. The number of nitrogens with zero attached hydrogens (tertiary/aromatic N) is 3. The maximum atomic E-state index is 12.2. The number of carbonyl (C=O) groups is 1. The molecule has 2 aromatic heterocycles. The van der Waals surface area contributed by atoms with Gasteiger partial charge in [0.05, 0.1) is 12.6 Å². The number of methoxy groups -OCH3 is 1. The molecular weight excluding hydrogens is 282 g/mol. The van der Waals surface area contributed by atoms with Gasteiger partial charge in [-0.05, 0) is 24.5 Å². The van der Waals surface area contributed by atoms with Crippen molar-refractivity contribution >= 4 is 16.8 Å². The van der Waals surface area contributed by atoms with E-state index in [0.717, 1.165) is 30.3 Å². The number of hydroxylamine groups is 2. The van der Waals surface area contributed by atoms with Gasteiger partial charge in [0.15, 0.2) is 0 Å². The van der Waals surface area contributed by atoms with Gasteiger partial charge in [0.2, 0.25) is 0 Å². The molecule has 0 atom stereocenters. The van der Waals surface area contributed by atoms with E-state index in [4.69, 9.17) is 9.57 Å². The van der Waals surface area contributed by atoms with E-state index < -0.39 is 0 Å². The number of rotatable bonds is 7. The van der Waals surface area contributed by atoms with Crippen LogP contribution in [-0.2, 0) is 22.5 Å². The first-order valence-corrected chi connectivity index (χ1v) is 7.41. The average Bonchev–Trinajstić information content (AvgIpc) is 2.91. The van der Waals surface area contributed by atoms with Gasteiger partial charge >= 0.3 is 0 Å². The summed E-state index contributed by atoms with van der Waals surface area (Å²) >= 11 is 0. The van der Waals surface area contributed by atoms with Crippen LogP contribution in [0.5, 0.6) is 0 Å². The molecule has 0 aliphatic carbocycles. The van der Waals surface area contributed by atoms with Gasteiger partial charge in [-0.2, -0.15) is 0 Å². The van der Waals surface area contributed by atoms with E-state index in [1.54, 1.807) is 20.4 Å². The number of aryl methyl sites for hydroxylation is 2. The molecule has 0 fully saturated rings. The summed E-state index contributed by atoms with van der Waals surface area (Å²) in [5.41, 5.74) is 2.64. The molecule has 0 bridgehead atoms. The molecule has 0 unspecified atom stereocenters. The Kier molecular flexibility index (Phi) is 5.51. The topological polar surface area (TPSA) is 56.6 Å². The highest BCUT2D eigenvalue weighted by Gasteiger charge is 2.16. The lowest BCUT2D eigenvalue weighted by Crippen LogP contribution is -2.26. The van der Waals surface area contributed by atoms with Crippen LogP contribution in [0.4, 0.5) is 0 Å². The SMILES string of the molecule is CCc1cn(CCCOC)c2cc(C(=O)N(C)OC)ncc12.